The molecule has 158 valence electrons. The van der Waals surface area contributed by atoms with E-state index in [0.29, 0.717) is 33.8 Å². The molecule has 2 aromatic carbocycles. The van der Waals surface area contributed by atoms with Crippen molar-refractivity contribution in [3.8, 4) is 11.5 Å². The van der Waals surface area contributed by atoms with Crippen LogP contribution in [0.5, 0.6) is 11.5 Å². The maximum absolute atomic E-state index is 12.7. The predicted molar refractivity (Wildman–Crippen MR) is 112 cm³/mol. The van der Waals surface area contributed by atoms with Gasteiger partial charge in [-0.15, -0.1) is 0 Å². The molecule has 1 heterocycles. The highest BCUT2D eigenvalue weighted by molar-refractivity contribution is 7.11. The second-order valence-electron chi connectivity index (χ2n) is 6.47. The first-order valence-electron chi connectivity index (χ1n) is 9.05. The van der Waals surface area contributed by atoms with E-state index in [1.807, 2.05) is 6.92 Å². The Kier molecular flexibility index (Phi) is 6.67. The number of likely N-dealkylation sites (N-methyl/N-ethyl adjacent to an activating group) is 1. The number of anilines is 1. The van der Waals surface area contributed by atoms with E-state index in [1.165, 1.54) is 23.7 Å². The zero-order valence-electron chi connectivity index (χ0n) is 16.2. The van der Waals surface area contributed by atoms with Gasteiger partial charge in [-0.1, -0.05) is 23.7 Å². The minimum Gasteiger partial charge on any atom is -0.457 e. The third-order valence-corrected chi connectivity index (χ3v) is 5.86. The lowest BCUT2D eigenvalue weighted by atomic mass is 10.1. The molecule has 0 N–H and O–H groups in total. The zero-order chi connectivity index (χ0) is 21.9. The number of nitrogens with zero attached hydrogens (tertiary/aromatic N) is 2. The van der Waals surface area contributed by atoms with Crippen molar-refractivity contribution in [1.82, 2.24) is 4.37 Å². The van der Waals surface area contributed by atoms with Gasteiger partial charge in [-0.2, -0.15) is 17.5 Å². The smallest absolute Gasteiger partial charge is 0.416 e. The molecule has 0 aliphatic heterocycles. The standard InChI is InChI=1S/C21H18ClF3N2O2S/c1-3-27(20-19(22)13(2)26-30-20)18(28)12-14-4-8-16(9-5-14)29-17-10-6-15(7-11-17)21(23,24)25/h4-11H,3,12H2,1-2H3. The van der Waals surface area contributed by atoms with E-state index in [1.54, 1.807) is 36.1 Å². The molecule has 0 saturated carbocycles. The normalized spacial score (nSPS) is 11.4. The van der Waals surface area contributed by atoms with Crippen LogP contribution in [0, 0.1) is 6.92 Å². The molecule has 0 unspecified atom stereocenters. The number of rotatable bonds is 6. The van der Waals surface area contributed by atoms with Gasteiger partial charge in [0.05, 0.1) is 22.7 Å². The van der Waals surface area contributed by atoms with Gasteiger partial charge in [-0.3, -0.25) is 4.79 Å². The summed E-state index contributed by atoms with van der Waals surface area (Å²) < 4.78 is 47.6. The molecule has 1 aromatic heterocycles. The van der Waals surface area contributed by atoms with Crippen LogP contribution < -0.4 is 9.64 Å². The monoisotopic (exact) mass is 454 g/mol. The van der Waals surface area contributed by atoms with E-state index in [-0.39, 0.29) is 12.3 Å². The lowest BCUT2D eigenvalue weighted by Gasteiger charge is -2.19. The number of aryl methyl sites for hydroxylation is 1. The van der Waals surface area contributed by atoms with Gasteiger partial charge < -0.3 is 9.64 Å². The Balaban J connectivity index is 1.65. The Hall–Kier alpha value is -2.58. The highest BCUT2D eigenvalue weighted by atomic mass is 35.5. The van der Waals surface area contributed by atoms with Crippen LogP contribution in [0.3, 0.4) is 0 Å². The summed E-state index contributed by atoms with van der Waals surface area (Å²) in [6, 6.07) is 11.3. The minimum absolute atomic E-state index is 0.112. The Morgan fingerprint density at radius 2 is 1.67 bits per heavy atom. The summed E-state index contributed by atoms with van der Waals surface area (Å²) in [4.78, 5) is 14.3. The third-order valence-electron chi connectivity index (χ3n) is 4.33. The molecule has 0 fully saturated rings. The number of carbonyl (C=O) groups excluding carboxylic acids is 1. The van der Waals surface area contributed by atoms with Crippen LogP contribution in [0.4, 0.5) is 18.2 Å². The van der Waals surface area contributed by atoms with Crippen molar-refractivity contribution < 1.29 is 22.7 Å². The van der Waals surface area contributed by atoms with Gasteiger partial charge >= 0.3 is 6.18 Å². The second-order valence-corrected chi connectivity index (χ2v) is 7.60. The summed E-state index contributed by atoms with van der Waals surface area (Å²) in [7, 11) is 0. The van der Waals surface area contributed by atoms with E-state index in [2.05, 4.69) is 4.37 Å². The van der Waals surface area contributed by atoms with Crippen molar-refractivity contribution in [3.63, 3.8) is 0 Å². The SMILES string of the molecule is CCN(C(=O)Cc1ccc(Oc2ccc(C(F)(F)F)cc2)cc1)c1snc(C)c1Cl. The van der Waals surface area contributed by atoms with Crippen LogP contribution in [0.25, 0.3) is 0 Å². The van der Waals surface area contributed by atoms with Gasteiger partial charge in [0.1, 0.15) is 16.5 Å². The van der Waals surface area contributed by atoms with Crippen LogP contribution in [0.2, 0.25) is 5.02 Å². The molecular formula is C21H18ClF3N2O2S. The van der Waals surface area contributed by atoms with Crippen molar-refractivity contribution in [2.45, 2.75) is 26.4 Å². The molecule has 0 saturated heterocycles. The fourth-order valence-electron chi connectivity index (χ4n) is 2.74. The van der Waals surface area contributed by atoms with Crippen LogP contribution in [-0.2, 0) is 17.4 Å². The molecule has 0 aliphatic rings. The van der Waals surface area contributed by atoms with Gasteiger partial charge in [0.25, 0.3) is 0 Å². The van der Waals surface area contributed by atoms with Crippen LogP contribution >= 0.6 is 23.1 Å². The fourth-order valence-corrected chi connectivity index (χ4v) is 3.91. The molecule has 3 rings (SSSR count). The number of amides is 1. The van der Waals surface area contributed by atoms with Crippen molar-refractivity contribution in [2.24, 2.45) is 0 Å². The summed E-state index contributed by atoms with van der Waals surface area (Å²) in [5, 5.41) is 1.11. The average molecular weight is 455 g/mol. The van der Waals surface area contributed by atoms with E-state index >= 15 is 0 Å². The zero-order valence-corrected chi connectivity index (χ0v) is 17.7. The van der Waals surface area contributed by atoms with E-state index in [9.17, 15) is 18.0 Å². The van der Waals surface area contributed by atoms with Crippen molar-refractivity contribution in [1.29, 1.82) is 0 Å². The Labute approximate surface area is 181 Å². The molecule has 0 spiro atoms. The Morgan fingerprint density at radius 3 is 2.13 bits per heavy atom. The van der Waals surface area contributed by atoms with Gasteiger partial charge in [0.2, 0.25) is 5.91 Å². The van der Waals surface area contributed by atoms with E-state index < -0.39 is 11.7 Å². The van der Waals surface area contributed by atoms with Gasteiger partial charge in [0, 0.05) is 6.54 Å². The number of hydrogen-bond acceptors (Lipinski definition) is 4. The Bertz CT molecular complexity index is 1020. The largest absolute Gasteiger partial charge is 0.457 e. The van der Waals surface area contributed by atoms with Gasteiger partial charge in [0.15, 0.2) is 0 Å². The number of hydrogen-bond donors (Lipinski definition) is 0. The molecule has 0 bridgehead atoms. The molecule has 0 aliphatic carbocycles. The second kappa shape index (κ2) is 9.06. The number of carbonyl (C=O) groups is 1. The third kappa shape index (κ3) is 5.12. The number of aromatic nitrogens is 1. The summed E-state index contributed by atoms with van der Waals surface area (Å²) in [6.07, 6.45) is -4.22. The maximum atomic E-state index is 12.7. The number of halogens is 4. The molecule has 0 atom stereocenters. The van der Waals surface area contributed by atoms with Crippen molar-refractivity contribution in [2.75, 3.05) is 11.4 Å². The molecule has 30 heavy (non-hydrogen) atoms. The highest BCUT2D eigenvalue weighted by Crippen LogP contribution is 2.34. The molecular weight excluding hydrogens is 437 g/mol. The number of benzene rings is 2. The first-order valence-corrected chi connectivity index (χ1v) is 10.2. The lowest BCUT2D eigenvalue weighted by Crippen LogP contribution is -2.31. The summed E-state index contributed by atoms with van der Waals surface area (Å²) in [5.74, 6) is 0.637. The van der Waals surface area contributed by atoms with Gasteiger partial charge in [-0.05, 0) is 67.3 Å². The van der Waals surface area contributed by atoms with Crippen LogP contribution in [0.15, 0.2) is 48.5 Å². The topological polar surface area (TPSA) is 42.4 Å². The molecule has 1 amide bonds. The number of ether oxygens (including phenoxy) is 1. The van der Waals surface area contributed by atoms with Crippen LogP contribution in [-0.4, -0.2) is 16.8 Å². The number of alkyl halides is 3. The molecule has 4 nitrogen and oxygen atoms in total. The fraction of sp³-hybridized carbons (Fsp3) is 0.238. The van der Waals surface area contributed by atoms with E-state index in [0.717, 1.165) is 17.7 Å². The predicted octanol–water partition coefficient (Wildman–Crippen LogP) is 6.51. The molecule has 9 heteroatoms. The van der Waals surface area contributed by atoms with Crippen molar-refractivity contribution >= 4 is 34.0 Å². The summed E-state index contributed by atoms with van der Waals surface area (Å²) in [5.41, 5.74) is 0.726. The first-order chi connectivity index (χ1) is 14.2. The van der Waals surface area contributed by atoms with Crippen LogP contribution in [0.1, 0.15) is 23.7 Å². The first kappa shape index (κ1) is 22.1. The van der Waals surface area contributed by atoms with Crippen molar-refractivity contribution in [3.05, 3.63) is 70.4 Å². The lowest BCUT2D eigenvalue weighted by molar-refractivity contribution is -0.137. The maximum Gasteiger partial charge on any atom is 0.416 e. The van der Waals surface area contributed by atoms with Gasteiger partial charge in [-0.25, -0.2) is 0 Å². The quantitative estimate of drug-likeness (QED) is 0.426. The molecule has 3 aromatic rings. The minimum atomic E-state index is -4.39. The average Bonchev–Trinajstić information content (AvgIpc) is 3.03. The highest BCUT2D eigenvalue weighted by Gasteiger charge is 2.30. The summed E-state index contributed by atoms with van der Waals surface area (Å²) >= 11 is 7.42. The Morgan fingerprint density at radius 1 is 1.10 bits per heavy atom. The molecule has 0 radical (unpaired) electrons. The summed E-state index contributed by atoms with van der Waals surface area (Å²) in [6.45, 7) is 4.12. The van der Waals surface area contributed by atoms with E-state index in [4.69, 9.17) is 16.3 Å².